The van der Waals surface area contributed by atoms with Crippen LogP contribution < -0.4 is 4.72 Å². The molecular formula is C10H11ClN4O2S. The van der Waals surface area contributed by atoms with Gasteiger partial charge in [0.1, 0.15) is 4.90 Å². The van der Waals surface area contributed by atoms with Gasteiger partial charge in [0, 0.05) is 6.20 Å². The average Bonchev–Trinajstić information content (AvgIpc) is 2.70. The van der Waals surface area contributed by atoms with E-state index in [-0.39, 0.29) is 15.7 Å². The van der Waals surface area contributed by atoms with Gasteiger partial charge in [-0.15, -0.1) is 0 Å². The molecule has 2 N–H and O–H groups in total. The van der Waals surface area contributed by atoms with Crippen molar-refractivity contribution >= 4 is 27.3 Å². The number of H-pyrrole nitrogens is 1. The van der Waals surface area contributed by atoms with Crippen LogP contribution in [0.2, 0.25) is 5.15 Å². The number of nitrogens with one attached hydrogen (secondary N) is 2. The molecule has 0 saturated heterocycles. The second-order valence-corrected chi connectivity index (χ2v) is 5.82. The summed E-state index contributed by atoms with van der Waals surface area (Å²) in [7, 11) is -3.71. The van der Waals surface area contributed by atoms with E-state index in [0.29, 0.717) is 5.69 Å². The maximum absolute atomic E-state index is 12.1. The molecule has 0 aromatic carbocycles. The standard InChI is InChI=1S/C10H11ClN4O2S/c1-6-3-8(10(11)12-4-6)15-18(16,17)9-5-13-14-7(9)2/h3-5,15H,1-2H3,(H,13,14). The summed E-state index contributed by atoms with van der Waals surface area (Å²) in [4.78, 5) is 3.97. The lowest BCUT2D eigenvalue weighted by atomic mass is 10.3. The van der Waals surface area contributed by atoms with Crippen molar-refractivity contribution in [1.29, 1.82) is 0 Å². The maximum Gasteiger partial charge on any atom is 0.265 e. The van der Waals surface area contributed by atoms with Gasteiger partial charge in [-0.3, -0.25) is 9.82 Å². The number of rotatable bonds is 3. The third-order valence-electron chi connectivity index (χ3n) is 2.29. The molecular weight excluding hydrogens is 276 g/mol. The van der Waals surface area contributed by atoms with E-state index < -0.39 is 10.0 Å². The van der Waals surface area contributed by atoms with E-state index >= 15 is 0 Å². The number of aromatic amines is 1. The van der Waals surface area contributed by atoms with Crippen LogP contribution in [0.4, 0.5) is 5.69 Å². The molecule has 0 aliphatic carbocycles. The topological polar surface area (TPSA) is 87.7 Å². The maximum atomic E-state index is 12.1. The molecule has 0 aliphatic heterocycles. The Balaban J connectivity index is 2.40. The Morgan fingerprint density at radius 3 is 2.67 bits per heavy atom. The first kappa shape index (κ1) is 12.8. The highest BCUT2D eigenvalue weighted by atomic mass is 35.5. The van der Waals surface area contributed by atoms with Gasteiger partial charge in [-0.1, -0.05) is 11.6 Å². The Morgan fingerprint density at radius 2 is 2.06 bits per heavy atom. The predicted octanol–water partition coefficient (Wildman–Crippen LogP) is 1.88. The predicted molar refractivity (Wildman–Crippen MR) is 68.1 cm³/mol. The van der Waals surface area contributed by atoms with Crippen LogP contribution in [-0.4, -0.2) is 23.6 Å². The van der Waals surface area contributed by atoms with Crippen molar-refractivity contribution in [1.82, 2.24) is 15.2 Å². The minimum absolute atomic E-state index is 0.0834. The fraction of sp³-hybridized carbons (Fsp3) is 0.200. The lowest BCUT2D eigenvalue weighted by molar-refractivity contribution is 0.600. The Bertz CT molecular complexity index is 681. The molecule has 8 heteroatoms. The van der Waals surface area contributed by atoms with Crippen molar-refractivity contribution in [2.45, 2.75) is 18.7 Å². The second-order valence-electron chi connectivity index (χ2n) is 3.82. The number of halogens is 1. The Kier molecular flexibility index (Phi) is 3.27. The van der Waals surface area contributed by atoms with E-state index in [1.807, 2.05) is 0 Å². The number of anilines is 1. The molecule has 0 spiro atoms. The molecule has 2 rings (SSSR count). The second kappa shape index (κ2) is 4.58. The molecule has 0 radical (unpaired) electrons. The molecule has 2 aromatic heterocycles. The normalized spacial score (nSPS) is 11.5. The van der Waals surface area contributed by atoms with E-state index in [1.165, 1.54) is 6.20 Å². The first-order valence-electron chi connectivity index (χ1n) is 5.05. The zero-order chi connectivity index (χ0) is 13.3. The number of pyridine rings is 1. The summed E-state index contributed by atoms with van der Waals surface area (Å²) in [6.07, 6.45) is 2.80. The quantitative estimate of drug-likeness (QED) is 0.843. The summed E-state index contributed by atoms with van der Waals surface area (Å²) < 4.78 is 26.6. The minimum atomic E-state index is -3.71. The Hall–Kier alpha value is -1.60. The van der Waals surface area contributed by atoms with E-state index in [0.717, 1.165) is 5.56 Å². The molecule has 2 aromatic rings. The van der Waals surface area contributed by atoms with Crippen LogP contribution in [0.5, 0.6) is 0 Å². The van der Waals surface area contributed by atoms with Crippen molar-refractivity contribution in [3.63, 3.8) is 0 Å². The highest BCUT2D eigenvalue weighted by Gasteiger charge is 2.20. The summed E-state index contributed by atoms with van der Waals surface area (Å²) in [5, 5.41) is 6.35. The van der Waals surface area contributed by atoms with E-state index in [2.05, 4.69) is 19.9 Å². The third kappa shape index (κ3) is 2.46. The van der Waals surface area contributed by atoms with Gasteiger partial charge in [0.2, 0.25) is 0 Å². The van der Waals surface area contributed by atoms with Gasteiger partial charge in [-0.05, 0) is 25.5 Å². The summed E-state index contributed by atoms with van der Waals surface area (Å²) in [6.45, 7) is 3.42. The van der Waals surface area contributed by atoms with E-state index in [1.54, 1.807) is 26.1 Å². The number of sulfonamides is 1. The van der Waals surface area contributed by atoms with Gasteiger partial charge in [0.25, 0.3) is 10.0 Å². The average molecular weight is 287 g/mol. The van der Waals surface area contributed by atoms with E-state index in [4.69, 9.17) is 11.6 Å². The first-order chi connectivity index (χ1) is 8.40. The van der Waals surface area contributed by atoms with Crippen LogP contribution in [0.1, 0.15) is 11.3 Å². The molecule has 2 heterocycles. The van der Waals surface area contributed by atoms with Crippen LogP contribution in [0.15, 0.2) is 23.4 Å². The molecule has 0 fully saturated rings. The van der Waals surface area contributed by atoms with Gasteiger partial charge in [0.15, 0.2) is 5.15 Å². The fourth-order valence-corrected chi connectivity index (χ4v) is 2.84. The van der Waals surface area contributed by atoms with Crippen LogP contribution in [-0.2, 0) is 10.0 Å². The van der Waals surface area contributed by atoms with Crippen molar-refractivity contribution in [3.05, 3.63) is 34.9 Å². The molecule has 0 atom stereocenters. The molecule has 0 unspecified atom stereocenters. The van der Waals surface area contributed by atoms with Crippen molar-refractivity contribution in [3.8, 4) is 0 Å². The molecule has 18 heavy (non-hydrogen) atoms. The monoisotopic (exact) mass is 286 g/mol. The summed E-state index contributed by atoms with van der Waals surface area (Å²) in [5.41, 5.74) is 1.51. The van der Waals surface area contributed by atoms with Gasteiger partial charge in [0.05, 0.1) is 17.6 Å². The zero-order valence-corrected chi connectivity index (χ0v) is 11.3. The van der Waals surface area contributed by atoms with Gasteiger partial charge in [-0.2, -0.15) is 5.10 Å². The highest BCUT2D eigenvalue weighted by Crippen LogP contribution is 2.23. The van der Waals surface area contributed by atoms with Gasteiger partial charge < -0.3 is 0 Å². The van der Waals surface area contributed by atoms with Gasteiger partial charge in [-0.25, -0.2) is 13.4 Å². The summed E-state index contributed by atoms with van der Waals surface area (Å²) >= 11 is 5.84. The molecule has 96 valence electrons. The molecule has 0 amide bonds. The first-order valence-corrected chi connectivity index (χ1v) is 6.91. The molecule has 0 saturated carbocycles. The number of hydrogen-bond donors (Lipinski definition) is 2. The largest absolute Gasteiger partial charge is 0.281 e. The minimum Gasteiger partial charge on any atom is -0.281 e. The number of aryl methyl sites for hydroxylation is 2. The number of aromatic nitrogens is 3. The van der Waals surface area contributed by atoms with Crippen LogP contribution in [0.25, 0.3) is 0 Å². The SMILES string of the molecule is Cc1cnc(Cl)c(NS(=O)(=O)c2cn[nH]c2C)c1. The summed E-state index contributed by atoms with van der Waals surface area (Å²) in [6, 6.07) is 1.61. The van der Waals surface area contributed by atoms with Crippen LogP contribution in [0, 0.1) is 13.8 Å². The van der Waals surface area contributed by atoms with Crippen molar-refractivity contribution in [2.24, 2.45) is 0 Å². The van der Waals surface area contributed by atoms with Crippen molar-refractivity contribution < 1.29 is 8.42 Å². The number of hydrogen-bond acceptors (Lipinski definition) is 4. The lowest BCUT2D eigenvalue weighted by Crippen LogP contribution is -2.14. The van der Waals surface area contributed by atoms with Crippen molar-refractivity contribution in [2.75, 3.05) is 4.72 Å². The molecule has 6 nitrogen and oxygen atoms in total. The highest BCUT2D eigenvalue weighted by molar-refractivity contribution is 7.92. The Morgan fingerprint density at radius 1 is 1.33 bits per heavy atom. The van der Waals surface area contributed by atoms with E-state index in [9.17, 15) is 8.42 Å². The lowest BCUT2D eigenvalue weighted by Gasteiger charge is -2.08. The molecule has 0 aliphatic rings. The smallest absolute Gasteiger partial charge is 0.265 e. The summed E-state index contributed by atoms with van der Waals surface area (Å²) in [5.74, 6) is 0. The van der Waals surface area contributed by atoms with Gasteiger partial charge >= 0.3 is 0 Å². The third-order valence-corrected chi connectivity index (χ3v) is 4.07. The Labute approximate surface area is 109 Å². The zero-order valence-electron chi connectivity index (χ0n) is 9.73. The van der Waals surface area contributed by atoms with Crippen LogP contribution >= 0.6 is 11.6 Å². The number of nitrogens with zero attached hydrogens (tertiary/aromatic N) is 2. The van der Waals surface area contributed by atoms with Crippen LogP contribution in [0.3, 0.4) is 0 Å². The molecule has 0 bridgehead atoms. The fourth-order valence-electron chi connectivity index (χ4n) is 1.43.